The quantitative estimate of drug-likeness (QED) is 0.862. The van der Waals surface area contributed by atoms with Crippen LogP contribution in [0.2, 0.25) is 5.02 Å². The van der Waals surface area contributed by atoms with E-state index in [0.717, 1.165) is 5.56 Å². The molecule has 0 unspecified atom stereocenters. The predicted molar refractivity (Wildman–Crippen MR) is 89.7 cm³/mol. The summed E-state index contributed by atoms with van der Waals surface area (Å²) >= 11 is 5.84. The van der Waals surface area contributed by atoms with Gasteiger partial charge in [0.1, 0.15) is 0 Å². The third-order valence-corrected chi connectivity index (χ3v) is 5.16. The van der Waals surface area contributed by atoms with Crippen molar-refractivity contribution in [3.05, 3.63) is 53.1 Å². The third-order valence-electron chi connectivity index (χ3n) is 3.37. The zero-order chi connectivity index (χ0) is 17.0. The van der Waals surface area contributed by atoms with Gasteiger partial charge >= 0.3 is 0 Å². The van der Waals surface area contributed by atoms with Crippen LogP contribution in [0.15, 0.2) is 47.4 Å². The zero-order valence-corrected chi connectivity index (χ0v) is 14.6. The van der Waals surface area contributed by atoms with Crippen molar-refractivity contribution in [2.75, 3.05) is 14.2 Å². The second kappa shape index (κ2) is 7.21. The van der Waals surface area contributed by atoms with Crippen molar-refractivity contribution in [2.24, 2.45) is 0 Å². The Hall–Kier alpha value is -1.76. The zero-order valence-electron chi connectivity index (χ0n) is 13.0. The molecule has 0 aliphatic carbocycles. The van der Waals surface area contributed by atoms with Gasteiger partial charge in [-0.25, -0.2) is 13.1 Å². The molecular weight excluding hydrogens is 338 g/mol. The fourth-order valence-electron chi connectivity index (χ4n) is 2.10. The van der Waals surface area contributed by atoms with Gasteiger partial charge in [0.25, 0.3) is 0 Å². The first-order valence-electron chi connectivity index (χ1n) is 6.87. The van der Waals surface area contributed by atoms with Gasteiger partial charge in [0.2, 0.25) is 10.0 Å². The lowest BCUT2D eigenvalue weighted by Crippen LogP contribution is -2.26. The molecule has 0 saturated carbocycles. The SMILES string of the molecule is COc1ccc(S(=O)(=O)N[C@H](C)c2ccc(Cl)cc2)cc1OC. The van der Waals surface area contributed by atoms with Crippen molar-refractivity contribution >= 4 is 21.6 Å². The van der Waals surface area contributed by atoms with Crippen LogP contribution >= 0.6 is 11.6 Å². The minimum atomic E-state index is -3.69. The Morgan fingerprint density at radius 2 is 1.61 bits per heavy atom. The molecule has 0 aliphatic heterocycles. The van der Waals surface area contributed by atoms with E-state index in [9.17, 15) is 8.42 Å². The molecule has 0 aliphatic rings. The Morgan fingerprint density at radius 3 is 2.17 bits per heavy atom. The fraction of sp³-hybridized carbons (Fsp3) is 0.250. The van der Waals surface area contributed by atoms with E-state index in [-0.39, 0.29) is 4.90 Å². The molecule has 0 radical (unpaired) electrons. The van der Waals surface area contributed by atoms with Crippen molar-refractivity contribution in [1.82, 2.24) is 4.72 Å². The maximum absolute atomic E-state index is 12.5. The molecular formula is C16H18ClNO4S. The summed E-state index contributed by atoms with van der Waals surface area (Å²) in [6.45, 7) is 1.77. The van der Waals surface area contributed by atoms with Gasteiger partial charge in [-0.15, -0.1) is 0 Å². The Balaban J connectivity index is 2.26. The van der Waals surface area contributed by atoms with E-state index >= 15 is 0 Å². The summed E-state index contributed by atoms with van der Waals surface area (Å²) in [6.07, 6.45) is 0. The van der Waals surface area contributed by atoms with Crippen LogP contribution in [0, 0.1) is 0 Å². The molecule has 2 rings (SSSR count). The van der Waals surface area contributed by atoms with Crippen LogP contribution in [-0.4, -0.2) is 22.6 Å². The van der Waals surface area contributed by atoms with Gasteiger partial charge < -0.3 is 9.47 Å². The number of sulfonamides is 1. The van der Waals surface area contributed by atoms with Gasteiger partial charge in [0, 0.05) is 17.1 Å². The van der Waals surface area contributed by atoms with Gasteiger partial charge in [0.15, 0.2) is 11.5 Å². The lowest BCUT2D eigenvalue weighted by molar-refractivity contribution is 0.354. The monoisotopic (exact) mass is 355 g/mol. The third kappa shape index (κ3) is 4.16. The number of halogens is 1. The molecule has 0 fully saturated rings. The summed E-state index contributed by atoms with van der Waals surface area (Å²) in [5.41, 5.74) is 0.818. The Kier molecular flexibility index (Phi) is 5.51. The van der Waals surface area contributed by atoms with Crippen molar-refractivity contribution in [1.29, 1.82) is 0 Å². The van der Waals surface area contributed by atoms with Crippen molar-refractivity contribution < 1.29 is 17.9 Å². The highest BCUT2D eigenvalue weighted by Gasteiger charge is 2.20. The normalized spacial score (nSPS) is 12.7. The minimum absolute atomic E-state index is 0.107. The maximum Gasteiger partial charge on any atom is 0.241 e. The molecule has 23 heavy (non-hydrogen) atoms. The first kappa shape index (κ1) is 17.6. The molecule has 7 heteroatoms. The average molecular weight is 356 g/mol. The van der Waals surface area contributed by atoms with Gasteiger partial charge in [-0.3, -0.25) is 0 Å². The van der Waals surface area contributed by atoms with E-state index in [1.54, 1.807) is 37.3 Å². The molecule has 0 amide bonds. The van der Waals surface area contributed by atoms with Crippen LogP contribution < -0.4 is 14.2 Å². The molecule has 0 heterocycles. The lowest BCUT2D eigenvalue weighted by Gasteiger charge is -2.16. The molecule has 0 aromatic heterocycles. The van der Waals surface area contributed by atoms with E-state index in [2.05, 4.69) is 4.72 Å². The molecule has 124 valence electrons. The first-order valence-corrected chi connectivity index (χ1v) is 8.73. The molecule has 1 N–H and O–H groups in total. The Bertz CT molecular complexity index is 775. The summed E-state index contributed by atoms with van der Waals surface area (Å²) in [5, 5.41) is 0.601. The highest BCUT2D eigenvalue weighted by Crippen LogP contribution is 2.30. The maximum atomic E-state index is 12.5. The summed E-state index contributed by atoms with van der Waals surface area (Å²) in [4.78, 5) is 0.107. The topological polar surface area (TPSA) is 64.6 Å². The van der Waals surface area contributed by atoms with Crippen molar-refractivity contribution in [3.63, 3.8) is 0 Å². The first-order chi connectivity index (χ1) is 10.9. The summed E-state index contributed by atoms with van der Waals surface area (Å²) in [7, 11) is -0.745. The second-order valence-corrected chi connectivity index (χ2v) is 7.06. The molecule has 5 nitrogen and oxygen atoms in total. The van der Waals surface area contributed by atoms with E-state index < -0.39 is 16.1 Å². The van der Waals surface area contributed by atoms with E-state index in [1.165, 1.54) is 26.4 Å². The smallest absolute Gasteiger partial charge is 0.241 e. The summed E-state index contributed by atoms with van der Waals surface area (Å²) < 4.78 is 37.9. The number of hydrogen-bond donors (Lipinski definition) is 1. The number of rotatable bonds is 6. The number of benzene rings is 2. The van der Waals surface area contributed by atoms with Gasteiger partial charge in [-0.05, 0) is 36.8 Å². The van der Waals surface area contributed by atoms with Crippen LogP contribution in [0.1, 0.15) is 18.5 Å². The molecule has 2 aromatic rings. The number of ether oxygens (including phenoxy) is 2. The van der Waals surface area contributed by atoms with Crippen LogP contribution in [0.25, 0.3) is 0 Å². The molecule has 1 atom stereocenters. The summed E-state index contributed by atoms with van der Waals surface area (Å²) in [5.74, 6) is 0.826. The number of methoxy groups -OCH3 is 2. The van der Waals surface area contributed by atoms with E-state index in [1.807, 2.05) is 0 Å². The van der Waals surface area contributed by atoms with E-state index in [0.29, 0.717) is 16.5 Å². The number of nitrogens with one attached hydrogen (secondary N) is 1. The molecule has 2 aromatic carbocycles. The predicted octanol–water partition coefficient (Wildman–Crippen LogP) is 3.40. The standard InChI is InChI=1S/C16H18ClNO4S/c1-11(12-4-6-13(17)7-5-12)18-23(19,20)14-8-9-15(21-2)16(10-14)22-3/h4-11,18H,1-3H3/t11-/m1/s1. The van der Waals surface area contributed by atoms with Gasteiger partial charge in [0.05, 0.1) is 19.1 Å². The average Bonchev–Trinajstić information content (AvgIpc) is 2.54. The number of hydrogen-bond acceptors (Lipinski definition) is 4. The van der Waals surface area contributed by atoms with Crippen LogP contribution in [0.3, 0.4) is 0 Å². The largest absolute Gasteiger partial charge is 0.493 e. The molecule has 0 saturated heterocycles. The van der Waals surface area contributed by atoms with Crippen LogP contribution in [0.5, 0.6) is 11.5 Å². The van der Waals surface area contributed by atoms with Gasteiger partial charge in [-0.2, -0.15) is 0 Å². The van der Waals surface area contributed by atoms with Crippen molar-refractivity contribution in [3.8, 4) is 11.5 Å². The Labute approximate surface area is 141 Å². The fourth-order valence-corrected chi connectivity index (χ4v) is 3.48. The molecule has 0 spiro atoms. The second-order valence-electron chi connectivity index (χ2n) is 4.91. The van der Waals surface area contributed by atoms with Gasteiger partial charge in [-0.1, -0.05) is 23.7 Å². The van der Waals surface area contributed by atoms with E-state index in [4.69, 9.17) is 21.1 Å². The minimum Gasteiger partial charge on any atom is -0.493 e. The van der Waals surface area contributed by atoms with Crippen LogP contribution in [-0.2, 0) is 10.0 Å². The van der Waals surface area contributed by atoms with Crippen molar-refractivity contribution in [2.45, 2.75) is 17.9 Å². The molecule has 0 bridgehead atoms. The summed E-state index contributed by atoms with van der Waals surface area (Å²) in [6, 6.07) is 11.1. The lowest BCUT2D eigenvalue weighted by atomic mass is 10.1. The highest BCUT2D eigenvalue weighted by molar-refractivity contribution is 7.89. The highest BCUT2D eigenvalue weighted by atomic mass is 35.5. The van der Waals surface area contributed by atoms with Crippen LogP contribution in [0.4, 0.5) is 0 Å². The Morgan fingerprint density at radius 1 is 1.00 bits per heavy atom.